The van der Waals surface area contributed by atoms with Crippen molar-refractivity contribution in [1.82, 2.24) is 4.98 Å². The summed E-state index contributed by atoms with van der Waals surface area (Å²) in [5.41, 5.74) is 0.116. The first-order chi connectivity index (χ1) is 8.49. The Hall–Kier alpha value is -1.58. The van der Waals surface area contributed by atoms with Crippen LogP contribution in [-0.2, 0) is 0 Å². The van der Waals surface area contributed by atoms with Crippen LogP contribution in [0.2, 0.25) is 0 Å². The van der Waals surface area contributed by atoms with Crippen LogP contribution < -0.4 is 4.90 Å². The fourth-order valence-electron chi connectivity index (χ4n) is 2.72. The number of hydrogen-bond donors (Lipinski definition) is 1. The molecule has 1 aliphatic rings. The van der Waals surface area contributed by atoms with Crippen molar-refractivity contribution in [3.05, 3.63) is 23.9 Å². The van der Waals surface area contributed by atoms with E-state index in [1.54, 1.807) is 6.07 Å². The summed E-state index contributed by atoms with van der Waals surface area (Å²) in [5.74, 6) is 1.03. The Morgan fingerprint density at radius 1 is 1.39 bits per heavy atom. The summed E-state index contributed by atoms with van der Waals surface area (Å²) < 4.78 is 0. The molecule has 0 saturated carbocycles. The van der Waals surface area contributed by atoms with E-state index in [9.17, 15) is 4.79 Å². The summed E-state index contributed by atoms with van der Waals surface area (Å²) in [7, 11) is 0. The topological polar surface area (TPSA) is 53.4 Å². The Morgan fingerprint density at radius 2 is 2.11 bits per heavy atom. The average molecular weight is 248 g/mol. The van der Waals surface area contributed by atoms with Crippen LogP contribution in [-0.4, -0.2) is 28.6 Å². The van der Waals surface area contributed by atoms with Gasteiger partial charge in [-0.1, -0.05) is 19.9 Å². The molecule has 3 unspecified atom stereocenters. The first kappa shape index (κ1) is 12.9. The molecular weight excluding hydrogens is 228 g/mol. The van der Waals surface area contributed by atoms with E-state index in [1.165, 1.54) is 12.5 Å². The number of carbonyl (C=O) groups is 1. The minimum atomic E-state index is -0.970. The number of anilines is 1. The molecule has 1 fully saturated rings. The minimum Gasteiger partial charge on any atom is -0.477 e. The number of carboxylic acid groups (broad SMARTS) is 1. The zero-order chi connectivity index (χ0) is 13.3. The number of pyridine rings is 1. The standard InChI is InChI=1S/C14H20N2O2/c1-9-7-10(2)11(3)16(8-9)13-6-4-5-12(15-13)14(17)18/h4-6,9-11H,7-8H2,1-3H3,(H,17,18). The van der Waals surface area contributed by atoms with Crippen LogP contribution in [0.3, 0.4) is 0 Å². The molecule has 1 N–H and O–H groups in total. The molecule has 3 atom stereocenters. The molecule has 18 heavy (non-hydrogen) atoms. The highest BCUT2D eigenvalue weighted by Crippen LogP contribution is 2.30. The van der Waals surface area contributed by atoms with E-state index in [0.717, 1.165) is 12.4 Å². The van der Waals surface area contributed by atoms with Crippen molar-refractivity contribution in [3.8, 4) is 0 Å². The second kappa shape index (κ2) is 4.96. The Morgan fingerprint density at radius 3 is 2.78 bits per heavy atom. The molecule has 98 valence electrons. The molecule has 0 aliphatic carbocycles. The lowest BCUT2D eigenvalue weighted by atomic mass is 9.86. The van der Waals surface area contributed by atoms with E-state index < -0.39 is 5.97 Å². The molecule has 0 aromatic carbocycles. The van der Waals surface area contributed by atoms with Gasteiger partial charge in [0.05, 0.1) is 0 Å². The number of piperidine rings is 1. The van der Waals surface area contributed by atoms with Gasteiger partial charge in [0.15, 0.2) is 5.69 Å². The van der Waals surface area contributed by atoms with Crippen molar-refractivity contribution >= 4 is 11.8 Å². The Kier molecular flexibility index (Phi) is 3.55. The van der Waals surface area contributed by atoms with Crippen molar-refractivity contribution < 1.29 is 9.90 Å². The second-order valence-corrected chi connectivity index (χ2v) is 5.40. The van der Waals surface area contributed by atoms with Crippen molar-refractivity contribution in [2.75, 3.05) is 11.4 Å². The molecule has 4 nitrogen and oxygen atoms in total. The molecule has 1 aromatic heterocycles. The van der Waals surface area contributed by atoms with Crippen LogP contribution >= 0.6 is 0 Å². The average Bonchev–Trinajstić information content (AvgIpc) is 2.34. The lowest BCUT2D eigenvalue weighted by Gasteiger charge is -2.41. The van der Waals surface area contributed by atoms with Gasteiger partial charge in [0.2, 0.25) is 0 Å². The van der Waals surface area contributed by atoms with Gasteiger partial charge >= 0.3 is 5.97 Å². The predicted octanol–water partition coefficient (Wildman–Crippen LogP) is 2.65. The second-order valence-electron chi connectivity index (χ2n) is 5.40. The van der Waals surface area contributed by atoms with E-state index >= 15 is 0 Å². The maximum atomic E-state index is 11.0. The molecule has 0 spiro atoms. The van der Waals surface area contributed by atoms with E-state index in [2.05, 4.69) is 30.7 Å². The molecule has 0 radical (unpaired) electrons. The first-order valence-corrected chi connectivity index (χ1v) is 6.46. The Balaban J connectivity index is 2.29. The molecule has 2 heterocycles. The van der Waals surface area contributed by atoms with Gasteiger partial charge < -0.3 is 10.0 Å². The van der Waals surface area contributed by atoms with Crippen LogP contribution in [0.5, 0.6) is 0 Å². The molecule has 1 aliphatic heterocycles. The zero-order valence-corrected chi connectivity index (χ0v) is 11.1. The Bertz CT molecular complexity index is 447. The predicted molar refractivity (Wildman–Crippen MR) is 70.9 cm³/mol. The number of hydrogen-bond acceptors (Lipinski definition) is 3. The lowest BCUT2D eigenvalue weighted by molar-refractivity contribution is 0.0690. The van der Waals surface area contributed by atoms with Crippen molar-refractivity contribution in [2.45, 2.75) is 33.2 Å². The minimum absolute atomic E-state index is 0.116. The van der Waals surface area contributed by atoms with Crippen molar-refractivity contribution in [3.63, 3.8) is 0 Å². The van der Waals surface area contributed by atoms with Crippen LogP contribution in [0.4, 0.5) is 5.82 Å². The number of rotatable bonds is 2. The third-order valence-electron chi connectivity index (χ3n) is 3.85. The van der Waals surface area contributed by atoms with E-state index in [1.807, 2.05) is 6.07 Å². The summed E-state index contributed by atoms with van der Waals surface area (Å²) in [4.78, 5) is 17.4. The SMILES string of the molecule is CC1CC(C)C(C)N(c2cccc(C(=O)O)n2)C1. The molecule has 4 heteroatoms. The molecule has 0 amide bonds. The monoisotopic (exact) mass is 248 g/mol. The summed E-state index contributed by atoms with van der Waals surface area (Å²) in [6.45, 7) is 7.61. The highest BCUT2D eigenvalue weighted by atomic mass is 16.4. The fraction of sp³-hybridized carbons (Fsp3) is 0.571. The Labute approximate surface area is 108 Å². The normalized spacial score (nSPS) is 28.2. The molecular formula is C14H20N2O2. The lowest BCUT2D eigenvalue weighted by Crippen LogP contribution is -2.46. The number of aromatic carboxylic acids is 1. The molecule has 0 bridgehead atoms. The molecule has 2 rings (SSSR count). The quantitative estimate of drug-likeness (QED) is 0.874. The highest BCUT2D eigenvalue weighted by Gasteiger charge is 2.29. The summed E-state index contributed by atoms with van der Waals surface area (Å²) in [6, 6.07) is 5.60. The van der Waals surface area contributed by atoms with Gasteiger partial charge in [-0.15, -0.1) is 0 Å². The van der Waals surface area contributed by atoms with Crippen LogP contribution in [0.1, 0.15) is 37.7 Å². The largest absolute Gasteiger partial charge is 0.477 e. The third-order valence-corrected chi connectivity index (χ3v) is 3.85. The van der Waals surface area contributed by atoms with Gasteiger partial charge in [0, 0.05) is 12.6 Å². The number of carboxylic acids is 1. The van der Waals surface area contributed by atoms with Crippen molar-refractivity contribution in [2.24, 2.45) is 11.8 Å². The van der Waals surface area contributed by atoms with E-state index in [-0.39, 0.29) is 5.69 Å². The molecule has 1 saturated heterocycles. The smallest absolute Gasteiger partial charge is 0.354 e. The van der Waals surface area contributed by atoms with Crippen LogP contribution in [0.25, 0.3) is 0 Å². The van der Waals surface area contributed by atoms with Crippen molar-refractivity contribution in [1.29, 1.82) is 0 Å². The van der Waals surface area contributed by atoms with Gasteiger partial charge in [0.25, 0.3) is 0 Å². The highest BCUT2D eigenvalue weighted by molar-refractivity contribution is 5.85. The van der Waals surface area contributed by atoms with Gasteiger partial charge in [-0.05, 0) is 37.3 Å². The van der Waals surface area contributed by atoms with Gasteiger partial charge in [-0.25, -0.2) is 9.78 Å². The first-order valence-electron chi connectivity index (χ1n) is 6.46. The van der Waals surface area contributed by atoms with Gasteiger partial charge in [-0.2, -0.15) is 0 Å². The van der Waals surface area contributed by atoms with Crippen LogP contribution in [0, 0.1) is 11.8 Å². The van der Waals surface area contributed by atoms with E-state index in [0.29, 0.717) is 17.9 Å². The van der Waals surface area contributed by atoms with Gasteiger partial charge in [-0.3, -0.25) is 0 Å². The fourth-order valence-corrected chi connectivity index (χ4v) is 2.72. The number of aromatic nitrogens is 1. The maximum Gasteiger partial charge on any atom is 0.354 e. The summed E-state index contributed by atoms with van der Waals surface area (Å²) >= 11 is 0. The summed E-state index contributed by atoms with van der Waals surface area (Å²) in [5, 5.41) is 9.00. The third kappa shape index (κ3) is 2.47. The zero-order valence-electron chi connectivity index (χ0n) is 11.1. The van der Waals surface area contributed by atoms with Crippen LogP contribution in [0.15, 0.2) is 18.2 Å². The maximum absolute atomic E-state index is 11.0. The van der Waals surface area contributed by atoms with Gasteiger partial charge in [0.1, 0.15) is 5.82 Å². The van der Waals surface area contributed by atoms with E-state index in [4.69, 9.17) is 5.11 Å². The number of nitrogens with zero attached hydrogens (tertiary/aromatic N) is 2. The molecule has 1 aromatic rings. The summed E-state index contributed by atoms with van der Waals surface area (Å²) in [6.07, 6.45) is 1.22.